The van der Waals surface area contributed by atoms with Crippen molar-refractivity contribution in [3.63, 3.8) is 0 Å². The van der Waals surface area contributed by atoms with Gasteiger partial charge in [0.2, 0.25) is 11.8 Å². The maximum atomic E-state index is 12.3. The summed E-state index contributed by atoms with van der Waals surface area (Å²) >= 11 is 0. The van der Waals surface area contributed by atoms with Crippen LogP contribution in [0.25, 0.3) is 0 Å². The fraction of sp³-hybridized carbons (Fsp3) is 0.733. The molecule has 2 heterocycles. The van der Waals surface area contributed by atoms with E-state index >= 15 is 0 Å². The number of hydrogen-bond donors (Lipinski definition) is 1. The SMILES string of the molecule is CC(C)(C)c1noc(CCC(=O)N2CCCC[C@@H]2C(=O)O)n1. The molecule has 22 heavy (non-hydrogen) atoms. The molecule has 1 aliphatic heterocycles. The molecular weight excluding hydrogens is 286 g/mol. The Labute approximate surface area is 129 Å². The lowest BCUT2D eigenvalue weighted by molar-refractivity contribution is -0.152. The molecule has 7 heteroatoms. The summed E-state index contributed by atoms with van der Waals surface area (Å²) in [5.74, 6) is -0.0676. The molecular formula is C15H23N3O4. The summed E-state index contributed by atoms with van der Waals surface area (Å²) < 4.78 is 5.16. The topological polar surface area (TPSA) is 96.5 Å². The van der Waals surface area contributed by atoms with Crippen molar-refractivity contribution >= 4 is 11.9 Å². The van der Waals surface area contributed by atoms with Crippen molar-refractivity contribution in [1.29, 1.82) is 0 Å². The number of carbonyl (C=O) groups is 2. The number of nitrogens with zero attached hydrogens (tertiary/aromatic N) is 3. The van der Waals surface area contributed by atoms with Crippen LogP contribution >= 0.6 is 0 Å². The van der Waals surface area contributed by atoms with Crippen LogP contribution in [-0.2, 0) is 21.4 Å². The van der Waals surface area contributed by atoms with Gasteiger partial charge in [-0.3, -0.25) is 4.79 Å². The summed E-state index contributed by atoms with van der Waals surface area (Å²) in [6, 6.07) is -0.700. The van der Waals surface area contributed by atoms with Crippen LogP contribution in [0, 0.1) is 0 Å². The maximum Gasteiger partial charge on any atom is 0.326 e. The highest BCUT2D eigenvalue weighted by molar-refractivity contribution is 5.83. The van der Waals surface area contributed by atoms with Crippen LogP contribution in [0.4, 0.5) is 0 Å². The standard InChI is InChI=1S/C15H23N3O4/c1-15(2,3)14-16-11(22-17-14)7-8-12(19)18-9-5-4-6-10(18)13(20)21/h10H,4-9H2,1-3H3,(H,20,21)/t10-/m1/s1. The molecule has 1 aliphatic rings. The molecule has 0 saturated carbocycles. The van der Waals surface area contributed by atoms with Gasteiger partial charge < -0.3 is 14.5 Å². The summed E-state index contributed by atoms with van der Waals surface area (Å²) in [6.07, 6.45) is 2.75. The van der Waals surface area contributed by atoms with Crippen molar-refractivity contribution in [3.05, 3.63) is 11.7 Å². The second kappa shape index (κ2) is 6.46. The van der Waals surface area contributed by atoms with Gasteiger partial charge >= 0.3 is 5.97 Å². The molecule has 1 aromatic rings. The Kier molecular flexibility index (Phi) is 4.83. The van der Waals surface area contributed by atoms with E-state index in [9.17, 15) is 14.7 Å². The minimum Gasteiger partial charge on any atom is -0.480 e. The molecule has 0 aliphatic carbocycles. The van der Waals surface area contributed by atoms with Crippen molar-refractivity contribution in [3.8, 4) is 0 Å². The van der Waals surface area contributed by atoms with Crippen molar-refractivity contribution < 1.29 is 19.2 Å². The van der Waals surface area contributed by atoms with Gasteiger partial charge in [0, 0.05) is 24.8 Å². The van der Waals surface area contributed by atoms with E-state index < -0.39 is 12.0 Å². The summed E-state index contributed by atoms with van der Waals surface area (Å²) in [5, 5.41) is 13.1. The average Bonchev–Trinajstić information content (AvgIpc) is 2.93. The van der Waals surface area contributed by atoms with Crippen molar-refractivity contribution in [2.24, 2.45) is 0 Å². The third-order valence-corrected chi connectivity index (χ3v) is 3.80. The molecule has 0 unspecified atom stereocenters. The van der Waals surface area contributed by atoms with E-state index in [-0.39, 0.29) is 17.7 Å². The number of aryl methyl sites for hydroxylation is 1. The first-order valence-electron chi connectivity index (χ1n) is 7.64. The largest absolute Gasteiger partial charge is 0.480 e. The Morgan fingerprint density at radius 2 is 2.09 bits per heavy atom. The molecule has 7 nitrogen and oxygen atoms in total. The third-order valence-electron chi connectivity index (χ3n) is 3.80. The van der Waals surface area contributed by atoms with E-state index in [2.05, 4.69) is 10.1 Å². The Morgan fingerprint density at radius 1 is 1.36 bits per heavy atom. The Hall–Kier alpha value is -1.92. The maximum absolute atomic E-state index is 12.3. The van der Waals surface area contributed by atoms with E-state index in [4.69, 9.17) is 4.52 Å². The number of aliphatic carboxylic acids is 1. The van der Waals surface area contributed by atoms with Gasteiger partial charge in [-0.25, -0.2) is 4.79 Å². The number of carbonyl (C=O) groups excluding carboxylic acids is 1. The Bertz CT molecular complexity index is 547. The zero-order valence-corrected chi connectivity index (χ0v) is 13.3. The first kappa shape index (κ1) is 16.5. The minimum atomic E-state index is -0.930. The smallest absolute Gasteiger partial charge is 0.326 e. The molecule has 1 fully saturated rings. The molecule has 1 N–H and O–H groups in total. The number of piperidine rings is 1. The van der Waals surface area contributed by atoms with Gasteiger partial charge in [0.05, 0.1) is 0 Å². The van der Waals surface area contributed by atoms with E-state index in [0.29, 0.717) is 31.1 Å². The molecule has 0 bridgehead atoms. The van der Waals surface area contributed by atoms with E-state index in [1.54, 1.807) is 0 Å². The van der Waals surface area contributed by atoms with Crippen LogP contribution in [0.3, 0.4) is 0 Å². The number of hydrogen-bond acceptors (Lipinski definition) is 5. The number of likely N-dealkylation sites (tertiary alicyclic amines) is 1. The Balaban J connectivity index is 1.94. The number of rotatable bonds is 4. The molecule has 1 saturated heterocycles. The summed E-state index contributed by atoms with van der Waals surface area (Å²) in [7, 11) is 0. The van der Waals surface area contributed by atoms with E-state index in [1.807, 2.05) is 20.8 Å². The molecule has 0 radical (unpaired) electrons. The van der Waals surface area contributed by atoms with E-state index in [0.717, 1.165) is 12.8 Å². The van der Waals surface area contributed by atoms with Gasteiger partial charge in [-0.2, -0.15) is 4.98 Å². The normalized spacial score (nSPS) is 19.2. The summed E-state index contributed by atoms with van der Waals surface area (Å²) in [6.45, 7) is 6.46. The van der Waals surface area contributed by atoms with Crippen LogP contribution in [0.2, 0.25) is 0 Å². The second-order valence-corrected chi connectivity index (χ2v) is 6.70. The molecule has 122 valence electrons. The fourth-order valence-corrected chi connectivity index (χ4v) is 2.51. The number of carboxylic acid groups (broad SMARTS) is 1. The quantitative estimate of drug-likeness (QED) is 0.910. The van der Waals surface area contributed by atoms with Gasteiger partial charge in [-0.15, -0.1) is 0 Å². The van der Waals surface area contributed by atoms with Gasteiger partial charge in [0.25, 0.3) is 0 Å². The van der Waals surface area contributed by atoms with Gasteiger partial charge in [-0.05, 0) is 19.3 Å². The first-order chi connectivity index (χ1) is 10.3. The van der Waals surface area contributed by atoms with Crippen LogP contribution < -0.4 is 0 Å². The monoisotopic (exact) mass is 309 g/mol. The van der Waals surface area contributed by atoms with Crippen LogP contribution in [-0.4, -0.2) is 44.6 Å². The molecule has 2 rings (SSSR count). The lowest BCUT2D eigenvalue weighted by atomic mass is 9.96. The van der Waals surface area contributed by atoms with Crippen molar-refractivity contribution in [1.82, 2.24) is 15.0 Å². The molecule has 1 amide bonds. The highest BCUT2D eigenvalue weighted by Gasteiger charge is 2.31. The van der Waals surface area contributed by atoms with Gasteiger partial charge in [0.15, 0.2) is 5.82 Å². The zero-order chi connectivity index (χ0) is 16.3. The second-order valence-electron chi connectivity index (χ2n) is 6.70. The highest BCUT2D eigenvalue weighted by atomic mass is 16.5. The van der Waals surface area contributed by atoms with Crippen molar-refractivity contribution in [2.45, 2.75) is 64.3 Å². The molecule has 0 aromatic carbocycles. The number of amides is 1. The molecule has 0 spiro atoms. The lowest BCUT2D eigenvalue weighted by Crippen LogP contribution is -2.48. The van der Waals surface area contributed by atoms with Gasteiger partial charge in [0.1, 0.15) is 6.04 Å². The fourth-order valence-electron chi connectivity index (χ4n) is 2.51. The van der Waals surface area contributed by atoms with Crippen LogP contribution in [0.5, 0.6) is 0 Å². The molecule has 1 aromatic heterocycles. The predicted molar refractivity (Wildman–Crippen MR) is 78.3 cm³/mol. The third kappa shape index (κ3) is 3.84. The van der Waals surface area contributed by atoms with E-state index in [1.165, 1.54) is 4.90 Å². The molecule has 1 atom stereocenters. The summed E-state index contributed by atoms with van der Waals surface area (Å²) in [4.78, 5) is 29.2. The van der Waals surface area contributed by atoms with Gasteiger partial charge in [-0.1, -0.05) is 25.9 Å². The predicted octanol–water partition coefficient (Wildman–Crippen LogP) is 1.77. The number of carboxylic acids is 1. The van der Waals surface area contributed by atoms with Crippen molar-refractivity contribution in [2.75, 3.05) is 6.54 Å². The Morgan fingerprint density at radius 3 is 2.68 bits per heavy atom. The minimum absolute atomic E-state index is 0.164. The average molecular weight is 309 g/mol. The highest BCUT2D eigenvalue weighted by Crippen LogP contribution is 2.20. The summed E-state index contributed by atoms with van der Waals surface area (Å²) in [5.41, 5.74) is -0.201. The number of aromatic nitrogens is 2. The van der Waals surface area contributed by atoms with Crippen LogP contribution in [0.1, 0.15) is 58.2 Å². The first-order valence-corrected chi connectivity index (χ1v) is 7.64. The zero-order valence-electron chi connectivity index (χ0n) is 13.3. The lowest BCUT2D eigenvalue weighted by Gasteiger charge is -2.32. The van der Waals surface area contributed by atoms with Crippen LogP contribution in [0.15, 0.2) is 4.52 Å².